The van der Waals surface area contributed by atoms with Crippen LogP contribution in [0.4, 0.5) is 0 Å². The first-order chi connectivity index (χ1) is 13.7. The van der Waals surface area contributed by atoms with Crippen molar-refractivity contribution >= 4 is 40.2 Å². The van der Waals surface area contributed by atoms with E-state index in [1.54, 1.807) is 0 Å². The lowest BCUT2D eigenvalue weighted by Gasteiger charge is -2.06. The van der Waals surface area contributed by atoms with Gasteiger partial charge in [-0.05, 0) is 38.2 Å². The van der Waals surface area contributed by atoms with Crippen LogP contribution in [0, 0.1) is 0 Å². The zero-order chi connectivity index (χ0) is 19.3. The number of aryl methyl sites for hydroxylation is 3. The van der Waals surface area contributed by atoms with Gasteiger partial charge < -0.3 is 5.32 Å². The highest BCUT2D eigenvalue weighted by Gasteiger charge is 2.15. The van der Waals surface area contributed by atoms with E-state index >= 15 is 0 Å². The maximum atomic E-state index is 12.2. The molecule has 0 radical (unpaired) electrons. The molecule has 1 aliphatic rings. The summed E-state index contributed by atoms with van der Waals surface area (Å²) >= 11 is 9.60. The summed E-state index contributed by atoms with van der Waals surface area (Å²) in [6.07, 6.45) is 7.03. The standard InChI is InChI=1S/C21H22ClN3OS2/c22-16-7-2-1-6-15(16)21-24-14(13-27-21)12-19(26)23-11-5-10-20-25-17-8-3-4-9-18(17)28-20/h1-2,6-7,13H,3-5,8-12H2,(H,23,26). The number of carbonyl (C=O) groups excluding carboxylic acids is 1. The van der Waals surface area contributed by atoms with Crippen LogP contribution in [0.3, 0.4) is 0 Å². The lowest BCUT2D eigenvalue weighted by molar-refractivity contribution is -0.120. The second kappa shape index (κ2) is 9.16. The van der Waals surface area contributed by atoms with Gasteiger partial charge in [0.1, 0.15) is 5.01 Å². The largest absolute Gasteiger partial charge is 0.356 e. The maximum Gasteiger partial charge on any atom is 0.226 e. The van der Waals surface area contributed by atoms with Gasteiger partial charge in [-0.3, -0.25) is 4.79 Å². The zero-order valence-corrected chi connectivity index (χ0v) is 17.9. The number of hydrogen-bond acceptors (Lipinski definition) is 5. The molecule has 146 valence electrons. The zero-order valence-electron chi connectivity index (χ0n) is 15.5. The molecule has 28 heavy (non-hydrogen) atoms. The van der Waals surface area contributed by atoms with Crippen LogP contribution in [-0.2, 0) is 30.5 Å². The van der Waals surface area contributed by atoms with E-state index in [-0.39, 0.29) is 5.91 Å². The van der Waals surface area contributed by atoms with Crippen molar-refractivity contribution in [3.63, 3.8) is 0 Å². The summed E-state index contributed by atoms with van der Waals surface area (Å²) in [7, 11) is 0. The minimum atomic E-state index is 0.00874. The number of rotatable bonds is 7. The van der Waals surface area contributed by atoms with Gasteiger partial charge in [0.15, 0.2) is 0 Å². The number of nitrogens with one attached hydrogen (secondary N) is 1. The first-order valence-corrected chi connectivity index (χ1v) is 11.7. The topological polar surface area (TPSA) is 54.9 Å². The van der Waals surface area contributed by atoms with Crippen LogP contribution in [0.15, 0.2) is 29.6 Å². The maximum absolute atomic E-state index is 12.2. The second-order valence-corrected chi connectivity index (χ2v) is 9.37. The van der Waals surface area contributed by atoms with Crippen molar-refractivity contribution in [2.24, 2.45) is 0 Å². The molecule has 0 bridgehead atoms. The van der Waals surface area contributed by atoms with Crippen molar-refractivity contribution in [1.29, 1.82) is 0 Å². The molecule has 3 aromatic rings. The van der Waals surface area contributed by atoms with Crippen LogP contribution in [0.5, 0.6) is 0 Å². The van der Waals surface area contributed by atoms with E-state index in [0.717, 1.165) is 35.5 Å². The number of benzene rings is 1. The van der Waals surface area contributed by atoms with Crippen molar-refractivity contribution < 1.29 is 4.79 Å². The van der Waals surface area contributed by atoms with Gasteiger partial charge in [0.05, 0.1) is 27.8 Å². The van der Waals surface area contributed by atoms with Crippen molar-refractivity contribution in [3.05, 3.63) is 55.9 Å². The molecule has 4 nitrogen and oxygen atoms in total. The molecule has 4 rings (SSSR count). The van der Waals surface area contributed by atoms with E-state index in [1.165, 1.54) is 46.2 Å². The second-order valence-electron chi connectivity index (χ2n) is 6.94. The summed E-state index contributed by atoms with van der Waals surface area (Å²) < 4.78 is 0. The fraction of sp³-hybridized carbons (Fsp3) is 0.381. The number of amides is 1. The average molecular weight is 432 g/mol. The number of nitrogens with zero attached hydrogens (tertiary/aromatic N) is 2. The van der Waals surface area contributed by atoms with Crippen LogP contribution in [0.2, 0.25) is 5.02 Å². The summed E-state index contributed by atoms with van der Waals surface area (Å²) in [5.74, 6) is 0.00874. The first-order valence-electron chi connectivity index (χ1n) is 9.62. The summed E-state index contributed by atoms with van der Waals surface area (Å²) in [6.45, 7) is 0.671. The monoisotopic (exact) mass is 431 g/mol. The Kier molecular flexibility index (Phi) is 6.40. The first kappa shape index (κ1) is 19.6. The van der Waals surface area contributed by atoms with Gasteiger partial charge in [0, 0.05) is 28.8 Å². The SMILES string of the molecule is O=C(Cc1csc(-c2ccccc2Cl)n1)NCCCc1nc2c(s1)CCCC2. The van der Waals surface area contributed by atoms with Gasteiger partial charge in [-0.2, -0.15) is 0 Å². The van der Waals surface area contributed by atoms with Gasteiger partial charge in [-0.15, -0.1) is 22.7 Å². The Labute approximate surface area is 178 Å². The molecule has 0 saturated carbocycles. The molecule has 0 atom stereocenters. The number of halogens is 1. The van der Waals surface area contributed by atoms with Crippen LogP contribution < -0.4 is 5.32 Å². The Bertz CT molecular complexity index is 943. The molecule has 1 aromatic carbocycles. The summed E-state index contributed by atoms with van der Waals surface area (Å²) in [4.78, 5) is 23.0. The van der Waals surface area contributed by atoms with Crippen molar-refractivity contribution in [2.45, 2.75) is 44.9 Å². The normalized spacial score (nSPS) is 13.3. The highest BCUT2D eigenvalue weighted by Crippen LogP contribution is 2.30. The molecule has 0 spiro atoms. The molecule has 1 amide bonds. The van der Waals surface area contributed by atoms with Crippen molar-refractivity contribution in [3.8, 4) is 10.6 Å². The Morgan fingerprint density at radius 2 is 2.04 bits per heavy atom. The van der Waals surface area contributed by atoms with Crippen LogP contribution in [-0.4, -0.2) is 22.4 Å². The smallest absolute Gasteiger partial charge is 0.226 e. The molecule has 7 heteroatoms. The lowest BCUT2D eigenvalue weighted by Crippen LogP contribution is -2.26. The molecular formula is C21H22ClN3OS2. The van der Waals surface area contributed by atoms with Crippen molar-refractivity contribution in [1.82, 2.24) is 15.3 Å². The van der Waals surface area contributed by atoms with Gasteiger partial charge >= 0.3 is 0 Å². The lowest BCUT2D eigenvalue weighted by atomic mass is 10.0. The number of hydrogen-bond donors (Lipinski definition) is 1. The van der Waals surface area contributed by atoms with E-state index in [9.17, 15) is 4.79 Å². The minimum Gasteiger partial charge on any atom is -0.356 e. The molecular weight excluding hydrogens is 410 g/mol. The molecule has 1 N–H and O–H groups in total. The highest BCUT2D eigenvalue weighted by atomic mass is 35.5. The third-order valence-electron chi connectivity index (χ3n) is 4.78. The number of thiazole rings is 2. The Balaban J connectivity index is 1.23. The van der Waals surface area contributed by atoms with Crippen LogP contribution in [0.1, 0.15) is 40.5 Å². The molecule has 2 aromatic heterocycles. The van der Waals surface area contributed by atoms with Gasteiger partial charge in [0.25, 0.3) is 0 Å². The molecule has 0 unspecified atom stereocenters. The fourth-order valence-electron chi connectivity index (χ4n) is 3.35. The predicted molar refractivity (Wildman–Crippen MR) is 116 cm³/mol. The molecule has 0 aliphatic heterocycles. The third kappa shape index (κ3) is 4.80. The number of fused-ring (bicyclic) bond motifs is 1. The van der Waals surface area contributed by atoms with E-state index in [1.807, 2.05) is 41.0 Å². The van der Waals surface area contributed by atoms with Crippen molar-refractivity contribution in [2.75, 3.05) is 6.54 Å². The van der Waals surface area contributed by atoms with E-state index in [2.05, 4.69) is 10.3 Å². The Hall–Kier alpha value is -1.76. The summed E-state index contributed by atoms with van der Waals surface area (Å²) in [6, 6.07) is 7.63. The van der Waals surface area contributed by atoms with Crippen LogP contribution in [0.25, 0.3) is 10.6 Å². The quantitative estimate of drug-likeness (QED) is 0.530. The summed E-state index contributed by atoms with van der Waals surface area (Å²) in [5.41, 5.74) is 3.00. The fourth-order valence-corrected chi connectivity index (χ4v) is 5.69. The Morgan fingerprint density at radius 1 is 1.18 bits per heavy atom. The van der Waals surface area contributed by atoms with Gasteiger partial charge in [-0.25, -0.2) is 9.97 Å². The Morgan fingerprint density at radius 3 is 2.89 bits per heavy atom. The minimum absolute atomic E-state index is 0.00874. The van der Waals surface area contributed by atoms with E-state index < -0.39 is 0 Å². The molecule has 0 saturated heterocycles. The average Bonchev–Trinajstić information content (AvgIpc) is 3.32. The van der Waals surface area contributed by atoms with Gasteiger partial charge in [0.2, 0.25) is 5.91 Å². The van der Waals surface area contributed by atoms with E-state index in [4.69, 9.17) is 16.6 Å². The summed E-state index contributed by atoms with van der Waals surface area (Å²) in [5, 5.41) is 7.67. The number of aromatic nitrogens is 2. The highest BCUT2D eigenvalue weighted by molar-refractivity contribution is 7.13. The van der Waals surface area contributed by atoms with E-state index in [0.29, 0.717) is 18.0 Å². The van der Waals surface area contributed by atoms with Crippen LogP contribution >= 0.6 is 34.3 Å². The molecule has 1 aliphatic carbocycles. The molecule has 2 heterocycles. The molecule has 0 fully saturated rings. The van der Waals surface area contributed by atoms with Gasteiger partial charge in [-0.1, -0.05) is 29.8 Å². The number of carbonyl (C=O) groups is 1. The predicted octanol–water partition coefficient (Wildman–Crippen LogP) is 5.09. The third-order valence-corrected chi connectivity index (χ3v) is 7.25.